The minimum atomic E-state index is -0.163. The lowest BCUT2D eigenvalue weighted by Gasteiger charge is -2.19. The molecule has 0 aliphatic rings. The van der Waals surface area contributed by atoms with Gasteiger partial charge in [0.2, 0.25) is 5.91 Å². The van der Waals surface area contributed by atoms with E-state index in [2.05, 4.69) is 37.4 Å². The van der Waals surface area contributed by atoms with Crippen LogP contribution in [0.4, 0.5) is 0 Å². The van der Waals surface area contributed by atoms with E-state index in [0.29, 0.717) is 6.54 Å². The first-order valence-corrected chi connectivity index (χ1v) is 8.95. The second-order valence-corrected chi connectivity index (χ2v) is 7.08. The van der Waals surface area contributed by atoms with Crippen molar-refractivity contribution >= 4 is 16.9 Å². The van der Waals surface area contributed by atoms with Gasteiger partial charge in [-0.2, -0.15) is 0 Å². The van der Waals surface area contributed by atoms with E-state index >= 15 is 0 Å². The number of benzene rings is 2. The van der Waals surface area contributed by atoms with Crippen molar-refractivity contribution in [2.45, 2.75) is 33.4 Å². The van der Waals surface area contributed by atoms with Crippen LogP contribution >= 0.6 is 0 Å². The molecule has 4 heteroatoms. The largest absolute Gasteiger partial charge is 0.459 e. The number of hydrogen-bond donors (Lipinski definition) is 1. The van der Waals surface area contributed by atoms with Gasteiger partial charge in [0, 0.05) is 11.9 Å². The Bertz CT molecular complexity index is 880. The Labute approximate surface area is 154 Å². The zero-order chi connectivity index (χ0) is 18.7. The molecule has 1 aromatic heterocycles. The molecule has 3 rings (SSSR count). The Balaban J connectivity index is 1.57. The molecule has 0 fully saturated rings. The average Bonchev–Trinajstić information content (AvgIpc) is 3.01. The van der Waals surface area contributed by atoms with Crippen molar-refractivity contribution in [2.75, 3.05) is 13.6 Å². The first-order valence-electron chi connectivity index (χ1n) is 8.95. The van der Waals surface area contributed by atoms with E-state index in [1.807, 2.05) is 49.2 Å². The number of para-hydroxylation sites is 1. The quantitative estimate of drug-likeness (QED) is 0.718. The van der Waals surface area contributed by atoms with Gasteiger partial charge in [-0.3, -0.25) is 9.69 Å². The molecule has 1 atom stereocenters. The maximum Gasteiger partial charge on any atom is 0.234 e. The lowest BCUT2D eigenvalue weighted by molar-refractivity contribution is -0.122. The van der Waals surface area contributed by atoms with Crippen molar-refractivity contribution in [1.29, 1.82) is 0 Å². The first kappa shape index (κ1) is 18.2. The summed E-state index contributed by atoms with van der Waals surface area (Å²) >= 11 is 0. The smallest absolute Gasteiger partial charge is 0.234 e. The van der Waals surface area contributed by atoms with Crippen LogP contribution in [0, 0.1) is 13.8 Å². The summed E-state index contributed by atoms with van der Waals surface area (Å²) in [5.74, 6) is 0.766. The highest BCUT2D eigenvalue weighted by atomic mass is 16.3. The molecule has 1 N–H and O–H groups in total. The van der Waals surface area contributed by atoms with E-state index in [1.165, 1.54) is 16.7 Å². The SMILES string of the molecule is Cc1ccc(CN(C)CC(=O)N[C@@H](C)c2cc3ccccc3o2)c(C)c1. The fraction of sp³-hybridized carbons (Fsp3) is 0.318. The highest BCUT2D eigenvalue weighted by molar-refractivity contribution is 5.80. The summed E-state index contributed by atoms with van der Waals surface area (Å²) in [6.07, 6.45) is 0. The van der Waals surface area contributed by atoms with Crippen molar-refractivity contribution in [3.8, 4) is 0 Å². The van der Waals surface area contributed by atoms with E-state index in [-0.39, 0.29) is 11.9 Å². The van der Waals surface area contributed by atoms with Crippen molar-refractivity contribution in [2.24, 2.45) is 0 Å². The summed E-state index contributed by atoms with van der Waals surface area (Å²) in [6, 6.07) is 16.1. The minimum Gasteiger partial charge on any atom is -0.459 e. The molecule has 0 saturated carbocycles. The number of amides is 1. The second-order valence-electron chi connectivity index (χ2n) is 7.08. The number of hydrogen-bond acceptors (Lipinski definition) is 3. The predicted molar refractivity (Wildman–Crippen MR) is 105 cm³/mol. The Hall–Kier alpha value is -2.59. The molecule has 0 spiro atoms. The maximum atomic E-state index is 12.4. The van der Waals surface area contributed by atoms with Crippen molar-refractivity contribution in [3.63, 3.8) is 0 Å². The Morgan fingerprint density at radius 2 is 1.92 bits per heavy atom. The van der Waals surface area contributed by atoms with Gasteiger partial charge in [0.05, 0.1) is 12.6 Å². The number of carbonyl (C=O) groups excluding carboxylic acids is 1. The third-order valence-corrected chi connectivity index (χ3v) is 4.60. The molecule has 0 aliphatic heterocycles. The van der Waals surface area contributed by atoms with Crippen LogP contribution in [0.1, 0.15) is 35.4 Å². The van der Waals surface area contributed by atoms with Crippen LogP contribution in [0.15, 0.2) is 52.9 Å². The number of aryl methyl sites for hydroxylation is 2. The van der Waals surface area contributed by atoms with Gasteiger partial charge in [0.15, 0.2) is 0 Å². The zero-order valence-electron chi connectivity index (χ0n) is 15.9. The number of furan rings is 1. The van der Waals surface area contributed by atoms with Crippen molar-refractivity contribution in [1.82, 2.24) is 10.2 Å². The predicted octanol–water partition coefficient (Wildman–Crippen LogP) is 4.36. The molecule has 26 heavy (non-hydrogen) atoms. The molecule has 0 saturated heterocycles. The Kier molecular flexibility index (Phi) is 5.43. The number of rotatable bonds is 6. The molecule has 0 aliphatic carbocycles. The summed E-state index contributed by atoms with van der Waals surface area (Å²) in [5, 5.41) is 4.07. The number of likely N-dealkylation sites (N-methyl/N-ethyl adjacent to an activating group) is 1. The lowest BCUT2D eigenvalue weighted by atomic mass is 10.1. The van der Waals surface area contributed by atoms with Crippen molar-refractivity contribution in [3.05, 3.63) is 71.0 Å². The van der Waals surface area contributed by atoms with E-state index in [0.717, 1.165) is 23.3 Å². The molecule has 3 aromatic rings. The van der Waals surface area contributed by atoms with Crippen LogP contribution < -0.4 is 5.32 Å². The number of carbonyl (C=O) groups is 1. The van der Waals surface area contributed by atoms with Gasteiger partial charge in [0.25, 0.3) is 0 Å². The highest BCUT2D eigenvalue weighted by Gasteiger charge is 2.15. The van der Waals surface area contributed by atoms with Gasteiger partial charge >= 0.3 is 0 Å². The molecule has 0 radical (unpaired) electrons. The summed E-state index contributed by atoms with van der Waals surface area (Å²) < 4.78 is 5.83. The van der Waals surface area contributed by atoms with Crippen LogP contribution in [0.25, 0.3) is 11.0 Å². The average molecular weight is 350 g/mol. The van der Waals surface area contributed by atoms with E-state index in [9.17, 15) is 4.79 Å². The summed E-state index contributed by atoms with van der Waals surface area (Å²) in [7, 11) is 1.96. The summed E-state index contributed by atoms with van der Waals surface area (Å²) in [4.78, 5) is 14.4. The Morgan fingerprint density at radius 1 is 1.15 bits per heavy atom. The van der Waals surface area contributed by atoms with Crippen LogP contribution in [-0.2, 0) is 11.3 Å². The third kappa shape index (κ3) is 4.33. The van der Waals surface area contributed by atoms with E-state index in [4.69, 9.17) is 4.42 Å². The molecule has 2 aromatic carbocycles. The highest BCUT2D eigenvalue weighted by Crippen LogP contribution is 2.23. The number of nitrogens with one attached hydrogen (secondary N) is 1. The monoisotopic (exact) mass is 350 g/mol. The van der Waals surface area contributed by atoms with Crippen molar-refractivity contribution < 1.29 is 9.21 Å². The topological polar surface area (TPSA) is 45.5 Å². The molecule has 1 heterocycles. The van der Waals surface area contributed by atoms with Crippen LogP contribution in [-0.4, -0.2) is 24.4 Å². The Morgan fingerprint density at radius 3 is 2.65 bits per heavy atom. The molecule has 4 nitrogen and oxygen atoms in total. The van der Waals surface area contributed by atoms with Gasteiger partial charge in [0.1, 0.15) is 11.3 Å². The molecule has 0 bridgehead atoms. The molecular weight excluding hydrogens is 324 g/mol. The van der Waals surface area contributed by atoms with Crippen LogP contribution in [0.5, 0.6) is 0 Å². The van der Waals surface area contributed by atoms with Gasteiger partial charge in [-0.05, 0) is 51.1 Å². The van der Waals surface area contributed by atoms with Crippen LogP contribution in [0.3, 0.4) is 0 Å². The maximum absolute atomic E-state index is 12.4. The molecule has 0 unspecified atom stereocenters. The van der Waals surface area contributed by atoms with E-state index < -0.39 is 0 Å². The summed E-state index contributed by atoms with van der Waals surface area (Å²) in [5.41, 5.74) is 4.60. The first-order chi connectivity index (χ1) is 12.4. The summed E-state index contributed by atoms with van der Waals surface area (Å²) in [6.45, 7) is 7.24. The lowest BCUT2D eigenvalue weighted by Crippen LogP contribution is -2.36. The van der Waals surface area contributed by atoms with Gasteiger partial charge < -0.3 is 9.73 Å². The second kappa shape index (κ2) is 7.75. The standard InChI is InChI=1S/C22H26N2O2/c1-15-9-10-19(16(2)11-15)13-24(4)14-22(25)23-17(3)21-12-18-7-5-6-8-20(18)26-21/h5-12,17H,13-14H2,1-4H3,(H,23,25)/t17-/m0/s1. The fourth-order valence-corrected chi connectivity index (χ4v) is 3.19. The number of fused-ring (bicyclic) bond motifs is 1. The molecular formula is C22H26N2O2. The van der Waals surface area contributed by atoms with Gasteiger partial charge in [-0.1, -0.05) is 42.0 Å². The van der Waals surface area contributed by atoms with Gasteiger partial charge in [-0.15, -0.1) is 0 Å². The minimum absolute atomic E-state index is 0.00905. The molecule has 1 amide bonds. The zero-order valence-corrected chi connectivity index (χ0v) is 15.9. The normalized spacial score (nSPS) is 12.5. The van der Waals surface area contributed by atoms with E-state index in [1.54, 1.807) is 0 Å². The van der Waals surface area contributed by atoms with Crippen LogP contribution in [0.2, 0.25) is 0 Å². The third-order valence-electron chi connectivity index (χ3n) is 4.60. The fourth-order valence-electron chi connectivity index (χ4n) is 3.19. The van der Waals surface area contributed by atoms with Gasteiger partial charge in [-0.25, -0.2) is 0 Å². The molecule has 136 valence electrons. The number of nitrogens with zero attached hydrogens (tertiary/aromatic N) is 1.